The Bertz CT molecular complexity index is 586. The van der Waals surface area contributed by atoms with Crippen LogP contribution in [0.5, 0.6) is 0 Å². The lowest BCUT2D eigenvalue weighted by atomic mass is 10.1. The van der Waals surface area contributed by atoms with E-state index in [9.17, 15) is 4.79 Å². The SMILES string of the molecule is Cn1ncc(N)c1NC(=O)C1CC1c1ccccc1. The van der Waals surface area contributed by atoms with Crippen LogP contribution >= 0.6 is 0 Å². The van der Waals surface area contributed by atoms with Crippen LogP contribution < -0.4 is 11.1 Å². The molecule has 1 heterocycles. The topological polar surface area (TPSA) is 72.9 Å². The highest BCUT2D eigenvalue weighted by Crippen LogP contribution is 2.47. The van der Waals surface area contributed by atoms with Gasteiger partial charge >= 0.3 is 0 Å². The predicted molar refractivity (Wildman–Crippen MR) is 73.5 cm³/mol. The van der Waals surface area contributed by atoms with Crippen LogP contribution in [0.25, 0.3) is 0 Å². The largest absolute Gasteiger partial charge is 0.394 e. The molecule has 1 aliphatic carbocycles. The first-order valence-electron chi connectivity index (χ1n) is 6.30. The van der Waals surface area contributed by atoms with E-state index >= 15 is 0 Å². The van der Waals surface area contributed by atoms with Gasteiger partial charge in [-0.05, 0) is 17.9 Å². The zero-order chi connectivity index (χ0) is 13.4. The van der Waals surface area contributed by atoms with E-state index in [2.05, 4.69) is 22.5 Å². The molecule has 2 unspecified atom stereocenters. The molecule has 1 fully saturated rings. The zero-order valence-electron chi connectivity index (χ0n) is 10.7. The van der Waals surface area contributed by atoms with Gasteiger partial charge in [-0.25, -0.2) is 0 Å². The third kappa shape index (κ3) is 2.19. The highest BCUT2D eigenvalue weighted by Gasteiger charge is 2.44. The summed E-state index contributed by atoms with van der Waals surface area (Å²) in [5.74, 6) is 0.959. The Morgan fingerprint density at radius 2 is 2.16 bits per heavy atom. The van der Waals surface area contributed by atoms with E-state index in [1.54, 1.807) is 11.7 Å². The third-order valence-electron chi connectivity index (χ3n) is 3.56. The Balaban J connectivity index is 1.68. The van der Waals surface area contributed by atoms with E-state index in [0.29, 0.717) is 17.4 Å². The van der Waals surface area contributed by atoms with Gasteiger partial charge in [0.15, 0.2) is 5.82 Å². The second-order valence-corrected chi connectivity index (χ2v) is 4.92. The Hall–Kier alpha value is -2.30. The summed E-state index contributed by atoms with van der Waals surface area (Å²) >= 11 is 0. The molecule has 0 aliphatic heterocycles. The summed E-state index contributed by atoms with van der Waals surface area (Å²) in [7, 11) is 1.76. The Morgan fingerprint density at radius 1 is 1.42 bits per heavy atom. The molecule has 3 rings (SSSR count). The van der Waals surface area contributed by atoms with Crippen LogP contribution in [0.3, 0.4) is 0 Å². The first-order valence-corrected chi connectivity index (χ1v) is 6.30. The number of anilines is 2. The molecule has 5 nitrogen and oxygen atoms in total. The minimum absolute atomic E-state index is 0.0177. The molecule has 1 aliphatic rings. The highest BCUT2D eigenvalue weighted by atomic mass is 16.2. The number of carbonyl (C=O) groups is 1. The second-order valence-electron chi connectivity index (χ2n) is 4.92. The fourth-order valence-electron chi connectivity index (χ4n) is 2.37. The molecule has 98 valence electrons. The first kappa shape index (κ1) is 11.8. The number of nitrogens with two attached hydrogens (primary N) is 1. The van der Waals surface area contributed by atoms with Gasteiger partial charge in [0.1, 0.15) is 0 Å². The summed E-state index contributed by atoms with van der Waals surface area (Å²) in [5.41, 5.74) is 7.47. The van der Waals surface area contributed by atoms with Gasteiger partial charge in [-0.1, -0.05) is 30.3 Å². The number of hydrogen-bond acceptors (Lipinski definition) is 3. The summed E-state index contributed by atoms with van der Waals surface area (Å²) in [6, 6.07) is 10.1. The average molecular weight is 256 g/mol. The van der Waals surface area contributed by atoms with E-state index in [1.165, 1.54) is 11.8 Å². The summed E-state index contributed by atoms with van der Waals surface area (Å²) in [4.78, 5) is 12.2. The van der Waals surface area contributed by atoms with E-state index in [4.69, 9.17) is 5.73 Å². The third-order valence-corrected chi connectivity index (χ3v) is 3.56. The Kier molecular flexibility index (Phi) is 2.74. The van der Waals surface area contributed by atoms with Gasteiger partial charge in [-0.2, -0.15) is 5.10 Å². The van der Waals surface area contributed by atoms with Gasteiger partial charge in [0.25, 0.3) is 0 Å². The highest BCUT2D eigenvalue weighted by molar-refractivity contribution is 5.96. The summed E-state index contributed by atoms with van der Waals surface area (Å²) in [6.45, 7) is 0. The predicted octanol–water partition coefficient (Wildman–Crippen LogP) is 1.74. The van der Waals surface area contributed by atoms with Crippen molar-refractivity contribution in [2.45, 2.75) is 12.3 Å². The number of rotatable bonds is 3. The maximum absolute atomic E-state index is 12.2. The van der Waals surface area contributed by atoms with Crippen LogP contribution in [0.1, 0.15) is 17.9 Å². The second kappa shape index (κ2) is 4.42. The van der Waals surface area contributed by atoms with Gasteiger partial charge in [-0.15, -0.1) is 0 Å². The van der Waals surface area contributed by atoms with Crippen molar-refractivity contribution >= 4 is 17.4 Å². The number of aromatic nitrogens is 2. The fraction of sp³-hybridized carbons (Fsp3) is 0.286. The van der Waals surface area contributed by atoms with Gasteiger partial charge < -0.3 is 11.1 Å². The van der Waals surface area contributed by atoms with Gasteiger partial charge in [0.05, 0.1) is 11.9 Å². The molecule has 2 aromatic rings. The van der Waals surface area contributed by atoms with Crippen molar-refractivity contribution in [1.82, 2.24) is 9.78 Å². The molecule has 1 aromatic heterocycles. The van der Waals surface area contributed by atoms with Crippen molar-refractivity contribution in [1.29, 1.82) is 0 Å². The van der Waals surface area contributed by atoms with E-state index in [0.717, 1.165) is 6.42 Å². The number of nitrogen functional groups attached to an aromatic ring is 1. The first-order chi connectivity index (χ1) is 9.16. The number of aryl methyl sites for hydroxylation is 1. The Labute approximate surface area is 111 Å². The van der Waals surface area contributed by atoms with Crippen LogP contribution in [0, 0.1) is 5.92 Å². The fourth-order valence-corrected chi connectivity index (χ4v) is 2.37. The Morgan fingerprint density at radius 3 is 2.79 bits per heavy atom. The standard InChI is InChI=1S/C14H16N4O/c1-18-13(12(15)8-16-18)17-14(19)11-7-10(11)9-5-3-2-4-6-9/h2-6,8,10-11H,7,15H2,1H3,(H,17,19). The molecular formula is C14H16N4O. The maximum Gasteiger partial charge on any atom is 0.229 e. The quantitative estimate of drug-likeness (QED) is 0.878. The molecule has 1 aromatic carbocycles. The number of benzene rings is 1. The van der Waals surface area contributed by atoms with Crippen LogP contribution in [-0.2, 0) is 11.8 Å². The lowest BCUT2D eigenvalue weighted by Gasteiger charge is -2.06. The molecule has 3 N–H and O–H groups in total. The lowest BCUT2D eigenvalue weighted by molar-refractivity contribution is -0.117. The van der Waals surface area contributed by atoms with Crippen molar-refractivity contribution in [3.8, 4) is 0 Å². The monoisotopic (exact) mass is 256 g/mol. The van der Waals surface area contributed by atoms with Crippen molar-refractivity contribution in [2.75, 3.05) is 11.1 Å². The van der Waals surface area contributed by atoms with Gasteiger partial charge in [0.2, 0.25) is 5.91 Å². The molecule has 5 heteroatoms. The van der Waals surface area contributed by atoms with Crippen LogP contribution in [0.4, 0.5) is 11.5 Å². The molecule has 2 atom stereocenters. The number of amides is 1. The van der Waals surface area contributed by atoms with Crippen LogP contribution in [0.15, 0.2) is 36.5 Å². The van der Waals surface area contributed by atoms with Crippen molar-refractivity contribution in [3.63, 3.8) is 0 Å². The van der Waals surface area contributed by atoms with Crippen molar-refractivity contribution in [2.24, 2.45) is 13.0 Å². The molecule has 1 amide bonds. The average Bonchev–Trinajstić information content (AvgIpc) is 3.17. The van der Waals surface area contributed by atoms with E-state index in [-0.39, 0.29) is 11.8 Å². The van der Waals surface area contributed by atoms with Gasteiger partial charge in [0, 0.05) is 13.0 Å². The van der Waals surface area contributed by atoms with E-state index in [1.807, 2.05) is 18.2 Å². The smallest absolute Gasteiger partial charge is 0.229 e. The van der Waals surface area contributed by atoms with Crippen molar-refractivity contribution in [3.05, 3.63) is 42.1 Å². The summed E-state index contributed by atoms with van der Waals surface area (Å²) in [5, 5.41) is 6.86. The molecule has 19 heavy (non-hydrogen) atoms. The lowest BCUT2D eigenvalue weighted by Crippen LogP contribution is -2.17. The normalized spacial score (nSPS) is 21.1. The summed E-state index contributed by atoms with van der Waals surface area (Å²) < 4.78 is 1.58. The maximum atomic E-state index is 12.2. The molecule has 0 saturated heterocycles. The number of carbonyl (C=O) groups excluding carboxylic acids is 1. The summed E-state index contributed by atoms with van der Waals surface area (Å²) in [6.07, 6.45) is 2.44. The number of nitrogens with one attached hydrogen (secondary N) is 1. The number of nitrogens with zero attached hydrogens (tertiary/aromatic N) is 2. The minimum atomic E-state index is 0.0177. The molecule has 0 spiro atoms. The van der Waals surface area contributed by atoms with Gasteiger partial charge in [-0.3, -0.25) is 9.48 Å². The number of hydrogen-bond donors (Lipinski definition) is 2. The van der Waals surface area contributed by atoms with E-state index < -0.39 is 0 Å². The zero-order valence-corrected chi connectivity index (χ0v) is 10.7. The molecule has 0 bridgehead atoms. The van der Waals surface area contributed by atoms with Crippen LogP contribution in [-0.4, -0.2) is 15.7 Å². The molecule has 0 radical (unpaired) electrons. The molecular weight excluding hydrogens is 240 g/mol. The van der Waals surface area contributed by atoms with Crippen molar-refractivity contribution < 1.29 is 4.79 Å². The van der Waals surface area contributed by atoms with Crippen LogP contribution in [0.2, 0.25) is 0 Å². The minimum Gasteiger partial charge on any atom is -0.394 e. The molecule has 1 saturated carbocycles.